The zero-order valence-corrected chi connectivity index (χ0v) is 14.9. The van der Waals surface area contributed by atoms with E-state index in [-0.39, 0.29) is 5.41 Å². The van der Waals surface area contributed by atoms with Crippen molar-refractivity contribution in [3.05, 3.63) is 59.2 Å². The van der Waals surface area contributed by atoms with Crippen LogP contribution in [-0.4, -0.2) is 25.6 Å². The fraction of sp³-hybridized carbons (Fsp3) is 0.400. The van der Waals surface area contributed by atoms with Crippen LogP contribution in [-0.2, 0) is 11.8 Å². The Bertz CT molecular complexity index is 667. The average molecular weight is 329 g/mol. The highest BCUT2D eigenvalue weighted by Crippen LogP contribution is 2.35. The van der Waals surface area contributed by atoms with Gasteiger partial charge in [-0.15, -0.1) is 0 Å². The van der Waals surface area contributed by atoms with E-state index in [2.05, 4.69) is 38.1 Å². The molecule has 0 spiro atoms. The van der Waals surface area contributed by atoms with Gasteiger partial charge in [0.15, 0.2) is 11.5 Å². The van der Waals surface area contributed by atoms with E-state index in [9.17, 15) is 5.11 Å². The summed E-state index contributed by atoms with van der Waals surface area (Å²) >= 11 is 0. The molecule has 0 aliphatic carbocycles. The SMILES string of the molecule is COc1ccc(CC(C)(C[C@H](N)O)c2ccc(C)cc2)cc1OC. The van der Waals surface area contributed by atoms with Gasteiger partial charge >= 0.3 is 0 Å². The van der Waals surface area contributed by atoms with E-state index in [4.69, 9.17) is 15.2 Å². The molecule has 130 valence electrons. The lowest BCUT2D eigenvalue weighted by molar-refractivity contribution is 0.140. The third-order valence-electron chi connectivity index (χ3n) is 4.45. The Balaban J connectivity index is 2.37. The molecule has 0 aliphatic rings. The molecule has 0 amide bonds. The largest absolute Gasteiger partial charge is 0.493 e. The lowest BCUT2D eigenvalue weighted by Gasteiger charge is -2.32. The van der Waals surface area contributed by atoms with Crippen molar-refractivity contribution >= 4 is 0 Å². The van der Waals surface area contributed by atoms with E-state index in [1.54, 1.807) is 14.2 Å². The number of methoxy groups -OCH3 is 2. The van der Waals surface area contributed by atoms with Crippen LogP contribution >= 0.6 is 0 Å². The zero-order valence-electron chi connectivity index (χ0n) is 14.9. The Morgan fingerprint density at radius 3 is 2.21 bits per heavy atom. The van der Waals surface area contributed by atoms with Gasteiger partial charge in [-0.05, 0) is 43.0 Å². The quantitative estimate of drug-likeness (QED) is 0.766. The maximum absolute atomic E-state index is 9.80. The summed E-state index contributed by atoms with van der Waals surface area (Å²) in [6.45, 7) is 4.19. The zero-order chi connectivity index (χ0) is 17.7. The van der Waals surface area contributed by atoms with Gasteiger partial charge in [-0.25, -0.2) is 0 Å². The third kappa shape index (κ3) is 4.28. The summed E-state index contributed by atoms with van der Waals surface area (Å²) in [5, 5.41) is 9.80. The lowest BCUT2D eigenvalue weighted by Crippen LogP contribution is -2.34. The fourth-order valence-corrected chi connectivity index (χ4v) is 3.15. The first-order valence-electron chi connectivity index (χ1n) is 8.09. The summed E-state index contributed by atoms with van der Waals surface area (Å²) in [5.41, 5.74) is 8.91. The van der Waals surface area contributed by atoms with Crippen molar-refractivity contribution in [3.8, 4) is 11.5 Å². The molecular weight excluding hydrogens is 302 g/mol. The Morgan fingerprint density at radius 1 is 1.04 bits per heavy atom. The number of aliphatic hydroxyl groups is 1. The minimum absolute atomic E-state index is 0.276. The van der Waals surface area contributed by atoms with Crippen LogP contribution < -0.4 is 15.2 Å². The standard InChI is InChI=1S/C20H27NO3/c1-14-5-8-16(9-6-14)20(2,13-19(21)22)12-15-7-10-17(23-3)18(11-15)24-4/h5-11,19,22H,12-13,21H2,1-4H3/t19-,20?/m1/s1. The Labute approximate surface area is 144 Å². The Morgan fingerprint density at radius 2 is 1.67 bits per heavy atom. The first-order valence-corrected chi connectivity index (χ1v) is 8.09. The molecule has 3 N–H and O–H groups in total. The molecule has 0 saturated carbocycles. The molecule has 0 aromatic heterocycles. The molecule has 0 fully saturated rings. The van der Waals surface area contributed by atoms with Crippen molar-refractivity contribution in [1.82, 2.24) is 0 Å². The van der Waals surface area contributed by atoms with Crippen molar-refractivity contribution in [2.75, 3.05) is 14.2 Å². The number of rotatable bonds is 7. The van der Waals surface area contributed by atoms with Crippen molar-refractivity contribution in [1.29, 1.82) is 0 Å². The predicted octanol–water partition coefficient (Wildman–Crippen LogP) is 3.18. The van der Waals surface area contributed by atoms with Gasteiger partial charge in [-0.1, -0.05) is 42.8 Å². The van der Waals surface area contributed by atoms with E-state index in [0.717, 1.165) is 17.5 Å². The van der Waals surface area contributed by atoms with Gasteiger partial charge in [0.05, 0.1) is 14.2 Å². The smallest absolute Gasteiger partial charge is 0.160 e. The van der Waals surface area contributed by atoms with Crippen LogP contribution in [0.15, 0.2) is 42.5 Å². The average Bonchev–Trinajstić information content (AvgIpc) is 2.54. The van der Waals surface area contributed by atoms with Crippen LogP contribution in [0.25, 0.3) is 0 Å². The second-order valence-corrected chi connectivity index (χ2v) is 6.56. The highest BCUT2D eigenvalue weighted by Gasteiger charge is 2.29. The summed E-state index contributed by atoms with van der Waals surface area (Å²) in [4.78, 5) is 0. The molecule has 4 heteroatoms. The molecule has 0 saturated heterocycles. The number of hydrogen-bond acceptors (Lipinski definition) is 4. The van der Waals surface area contributed by atoms with Gasteiger partial charge in [0.2, 0.25) is 0 Å². The number of nitrogens with two attached hydrogens (primary N) is 1. The van der Waals surface area contributed by atoms with Crippen molar-refractivity contribution < 1.29 is 14.6 Å². The number of aliphatic hydroxyl groups excluding tert-OH is 1. The van der Waals surface area contributed by atoms with Crippen LogP contribution in [0.5, 0.6) is 11.5 Å². The normalized spacial score (nSPS) is 14.8. The number of aryl methyl sites for hydroxylation is 1. The molecule has 2 aromatic carbocycles. The second-order valence-electron chi connectivity index (χ2n) is 6.56. The van der Waals surface area contributed by atoms with Crippen molar-refractivity contribution in [3.63, 3.8) is 0 Å². The van der Waals surface area contributed by atoms with E-state index >= 15 is 0 Å². The van der Waals surface area contributed by atoms with E-state index in [0.29, 0.717) is 17.9 Å². The first kappa shape index (κ1) is 18.3. The first-order chi connectivity index (χ1) is 11.4. The predicted molar refractivity (Wildman–Crippen MR) is 96.6 cm³/mol. The highest BCUT2D eigenvalue weighted by atomic mass is 16.5. The molecule has 2 atom stereocenters. The summed E-state index contributed by atoms with van der Waals surface area (Å²) < 4.78 is 10.7. The second kappa shape index (κ2) is 7.69. The summed E-state index contributed by atoms with van der Waals surface area (Å²) in [6, 6.07) is 14.3. The molecule has 4 nitrogen and oxygen atoms in total. The van der Waals surface area contributed by atoms with Crippen LogP contribution in [0, 0.1) is 6.92 Å². The summed E-state index contributed by atoms with van der Waals surface area (Å²) in [7, 11) is 3.25. The van der Waals surface area contributed by atoms with Crippen molar-refractivity contribution in [2.24, 2.45) is 5.73 Å². The Hall–Kier alpha value is -2.04. The third-order valence-corrected chi connectivity index (χ3v) is 4.45. The highest BCUT2D eigenvalue weighted by molar-refractivity contribution is 5.44. The minimum atomic E-state index is -0.864. The van der Waals surface area contributed by atoms with Gasteiger partial charge in [-0.3, -0.25) is 0 Å². The van der Waals surface area contributed by atoms with Crippen LogP contribution in [0.2, 0.25) is 0 Å². The molecule has 2 aromatic rings. The van der Waals surface area contributed by atoms with Crippen molar-refractivity contribution in [2.45, 2.75) is 38.3 Å². The van der Waals surface area contributed by atoms with Crippen LogP contribution in [0.1, 0.15) is 30.0 Å². The van der Waals surface area contributed by atoms with Gasteiger partial charge < -0.3 is 20.3 Å². The molecule has 0 radical (unpaired) electrons. The fourth-order valence-electron chi connectivity index (χ4n) is 3.15. The summed E-state index contributed by atoms with van der Waals surface area (Å²) in [5.74, 6) is 1.41. The number of benzene rings is 2. The lowest BCUT2D eigenvalue weighted by atomic mass is 9.74. The molecule has 0 aliphatic heterocycles. The number of hydrogen-bond donors (Lipinski definition) is 2. The van der Waals surface area contributed by atoms with Gasteiger partial charge in [0, 0.05) is 5.41 Å². The molecule has 1 unspecified atom stereocenters. The van der Waals surface area contributed by atoms with E-state index < -0.39 is 6.23 Å². The van der Waals surface area contributed by atoms with Crippen LogP contribution in [0.3, 0.4) is 0 Å². The monoisotopic (exact) mass is 329 g/mol. The maximum Gasteiger partial charge on any atom is 0.160 e. The molecule has 24 heavy (non-hydrogen) atoms. The molecular formula is C20H27NO3. The summed E-state index contributed by atoms with van der Waals surface area (Å²) in [6.07, 6.45) is 0.353. The molecule has 0 heterocycles. The minimum Gasteiger partial charge on any atom is -0.493 e. The number of ether oxygens (including phenoxy) is 2. The maximum atomic E-state index is 9.80. The van der Waals surface area contributed by atoms with E-state index in [1.807, 2.05) is 18.2 Å². The van der Waals surface area contributed by atoms with Gasteiger partial charge in [0.1, 0.15) is 6.23 Å². The van der Waals surface area contributed by atoms with Crippen LogP contribution in [0.4, 0.5) is 0 Å². The molecule has 2 rings (SSSR count). The van der Waals surface area contributed by atoms with E-state index in [1.165, 1.54) is 5.56 Å². The molecule has 0 bridgehead atoms. The van der Waals surface area contributed by atoms with Gasteiger partial charge in [0.25, 0.3) is 0 Å². The van der Waals surface area contributed by atoms with Gasteiger partial charge in [-0.2, -0.15) is 0 Å². The Kier molecular flexibility index (Phi) is 5.86. The topological polar surface area (TPSA) is 64.7 Å².